The summed E-state index contributed by atoms with van der Waals surface area (Å²) in [6.45, 7) is 3.83. The number of thiocarbonyl (C=S) groups is 2. The maximum atomic E-state index is 5.88. The normalized spacial score (nSPS) is 11.4. The average molecular weight is 455 g/mol. The van der Waals surface area contributed by atoms with Gasteiger partial charge in [-0.25, -0.2) is 0 Å². The van der Waals surface area contributed by atoms with E-state index in [1.165, 1.54) is 0 Å². The van der Waals surface area contributed by atoms with E-state index >= 15 is 0 Å². The van der Waals surface area contributed by atoms with E-state index in [4.69, 9.17) is 47.6 Å². The van der Waals surface area contributed by atoms with Crippen LogP contribution in [0.4, 0.5) is 11.4 Å². The molecule has 0 saturated carbocycles. The van der Waals surface area contributed by atoms with Crippen LogP contribution in [-0.2, 0) is 0 Å². The predicted octanol–water partition coefficient (Wildman–Crippen LogP) is 5.68. The molecule has 0 bridgehead atoms. The molecule has 2 aromatic rings. The molecule has 0 amide bonds. The van der Waals surface area contributed by atoms with Crippen molar-refractivity contribution in [2.24, 2.45) is 5.92 Å². The summed E-state index contributed by atoms with van der Waals surface area (Å²) >= 11 is 22.4. The molecule has 2 rings (SSSR count). The van der Waals surface area contributed by atoms with Crippen LogP contribution >= 0.6 is 47.6 Å². The predicted molar refractivity (Wildman–Crippen MR) is 130 cm³/mol. The summed E-state index contributed by atoms with van der Waals surface area (Å²) in [5.41, 5.74) is 1.83. The number of hydrogen-bond donors (Lipinski definition) is 4. The third-order valence-corrected chi connectivity index (χ3v) is 4.97. The highest BCUT2D eigenvalue weighted by molar-refractivity contribution is 7.80. The third kappa shape index (κ3) is 9.06. The second kappa shape index (κ2) is 12.1. The molecule has 0 aliphatic heterocycles. The van der Waals surface area contributed by atoms with Crippen molar-refractivity contribution in [3.63, 3.8) is 0 Å². The zero-order valence-corrected chi connectivity index (χ0v) is 18.7. The smallest absolute Gasteiger partial charge is 0.170 e. The molecule has 4 nitrogen and oxygen atoms in total. The molecule has 0 aliphatic rings. The fourth-order valence-corrected chi connectivity index (χ4v) is 3.11. The molecule has 0 fully saturated rings. The Labute approximate surface area is 187 Å². The van der Waals surface area contributed by atoms with Gasteiger partial charge in [0.15, 0.2) is 10.2 Å². The molecule has 0 saturated heterocycles. The van der Waals surface area contributed by atoms with Crippen LogP contribution in [0, 0.1) is 5.92 Å². The third-order valence-electron chi connectivity index (χ3n) is 3.97. The van der Waals surface area contributed by atoms with Crippen molar-refractivity contribution < 1.29 is 0 Å². The van der Waals surface area contributed by atoms with Crippen molar-refractivity contribution in [3.05, 3.63) is 58.6 Å². The lowest BCUT2D eigenvalue weighted by Crippen LogP contribution is -2.33. The molecule has 0 aromatic heterocycles. The van der Waals surface area contributed by atoms with Gasteiger partial charge in [-0.2, -0.15) is 0 Å². The summed E-state index contributed by atoms with van der Waals surface area (Å²) < 4.78 is 0. The molecule has 0 unspecified atom stereocenters. The summed E-state index contributed by atoms with van der Waals surface area (Å²) in [5.74, 6) is 0.490. The van der Waals surface area contributed by atoms with Crippen LogP contribution in [0.3, 0.4) is 0 Å². The zero-order valence-electron chi connectivity index (χ0n) is 15.6. The quantitative estimate of drug-likeness (QED) is 0.303. The standard InChI is InChI=1S/C20H24Cl2N4S2/c1-14(13-24-20(28)26-18-10-6-16(22)7-11-18)3-2-12-23-19(27)25-17-8-4-15(21)5-9-17/h4-11,14H,2-3,12-13H2,1H3,(H2,23,25,27)(H2,24,26,28)/t14-/m0/s1. The van der Waals surface area contributed by atoms with Crippen LogP contribution in [0.5, 0.6) is 0 Å². The summed E-state index contributed by atoms with van der Waals surface area (Å²) in [6, 6.07) is 14.9. The first-order valence-electron chi connectivity index (χ1n) is 9.03. The minimum Gasteiger partial charge on any atom is -0.362 e. The van der Waals surface area contributed by atoms with Crippen molar-refractivity contribution in [1.29, 1.82) is 0 Å². The Kier molecular flexibility index (Phi) is 9.78. The fraction of sp³-hybridized carbons (Fsp3) is 0.300. The van der Waals surface area contributed by atoms with Gasteiger partial charge in [-0.05, 0) is 91.7 Å². The highest BCUT2D eigenvalue weighted by atomic mass is 35.5. The Hall–Kier alpha value is -1.60. The monoisotopic (exact) mass is 454 g/mol. The summed E-state index contributed by atoms with van der Waals surface area (Å²) in [4.78, 5) is 0. The van der Waals surface area contributed by atoms with Gasteiger partial charge in [-0.3, -0.25) is 0 Å². The molecule has 8 heteroatoms. The van der Waals surface area contributed by atoms with Gasteiger partial charge in [0.05, 0.1) is 0 Å². The minimum atomic E-state index is 0.490. The lowest BCUT2D eigenvalue weighted by atomic mass is 10.1. The molecule has 0 heterocycles. The van der Waals surface area contributed by atoms with E-state index in [1.54, 1.807) is 0 Å². The van der Waals surface area contributed by atoms with Gasteiger partial charge in [-0.15, -0.1) is 0 Å². The van der Waals surface area contributed by atoms with Gasteiger partial charge < -0.3 is 21.3 Å². The number of halogens is 2. The molecule has 0 radical (unpaired) electrons. The largest absolute Gasteiger partial charge is 0.362 e. The highest BCUT2D eigenvalue weighted by Gasteiger charge is 2.04. The van der Waals surface area contributed by atoms with Crippen LogP contribution < -0.4 is 21.3 Å². The number of nitrogens with one attached hydrogen (secondary N) is 4. The SMILES string of the molecule is C[C@@H](CCCNC(=S)Nc1ccc(Cl)cc1)CNC(=S)Nc1ccc(Cl)cc1. The Morgan fingerprint density at radius 3 is 1.79 bits per heavy atom. The topological polar surface area (TPSA) is 48.1 Å². The van der Waals surface area contributed by atoms with E-state index in [9.17, 15) is 0 Å². The highest BCUT2D eigenvalue weighted by Crippen LogP contribution is 2.14. The van der Waals surface area contributed by atoms with Crippen LogP contribution in [0.15, 0.2) is 48.5 Å². The second-order valence-corrected chi connectivity index (χ2v) is 8.17. The van der Waals surface area contributed by atoms with E-state index in [0.29, 0.717) is 26.2 Å². The van der Waals surface area contributed by atoms with Gasteiger partial charge in [-0.1, -0.05) is 30.1 Å². The van der Waals surface area contributed by atoms with E-state index in [2.05, 4.69) is 28.2 Å². The van der Waals surface area contributed by atoms with Crippen molar-refractivity contribution in [2.45, 2.75) is 19.8 Å². The Morgan fingerprint density at radius 2 is 1.29 bits per heavy atom. The van der Waals surface area contributed by atoms with Crippen molar-refractivity contribution >= 4 is 69.2 Å². The van der Waals surface area contributed by atoms with Crippen molar-refractivity contribution in [3.8, 4) is 0 Å². The molecule has 28 heavy (non-hydrogen) atoms. The Morgan fingerprint density at radius 1 is 0.821 bits per heavy atom. The number of hydrogen-bond acceptors (Lipinski definition) is 2. The van der Waals surface area contributed by atoms with Crippen molar-refractivity contribution in [2.75, 3.05) is 23.7 Å². The molecule has 0 aliphatic carbocycles. The van der Waals surface area contributed by atoms with Gasteiger partial charge in [0.1, 0.15) is 0 Å². The first-order chi connectivity index (χ1) is 13.4. The minimum absolute atomic E-state index is 0.490. The fourth-order valence-electron chi connectivity index (χ4n) is 2.44. The Bertz CT molecular complexity index is 767. The van der Waals surface area contributed by atoms with Crippen LogP contribution in [0.1, 0.15) is 19.8 Å². The molecule has 1 atom stereocenters. The summed E-state index contributed by atoms with van der Waals surface area (Å²) in [7, 11) is 0. The van der Waals surface area contributed by atoms with Crippen LogP contribution in [0.25, 0.3) is 0 Å². The van der Waals surface area contributed by atoms with E-state index in [-0.39, 0.29) is 0 Å². The first kappa shape index (κ1) is 22.7. The van der Waals surface area contributed by atoms with Crippen molar-refractivity contribution in [1.82, 2.24) is 10.6 Å². The second-order valence-electron chi connectivity index (χ2n) is 6.48. The summed E-state index contributed by atoms with van der Waals surface area (Å²) in [5, 5.41) is 15.4. The number of benzene rings is 2. The molecule has 150 valence electrons. The maximum Gasteiger partial charge on any atom is 0.170 e. The maximum absolute atomic E-state index is 5.88. The van der Waals surface area contributed by atoms with E-state index < -0.39 is 0 Å². The van der Waals surface area contributed by atoms with Gasteiger partial charge in [0.25, 0.3) is 0 Å². The molecule has 0 spiro atoms. The molecular weight excluding hydrogens is 431 g/mol. The zero-order chi connectivity index (χ0) is 20.4. The molecule has 2 aromatic carbocycles. The summed E-state index contributed by atoms with van der Waals surface area (Å²) in [6.07, 6.45) is 2.08. The molecular formula is C20H24Cl2N4S2. The number of anilines is 2. The first-order valence-corrected chi connectivity index (χ1v) is 10.6. The Balaban J connectivity index is 1.56. The van der Waals surface area contributed by atoms with Crippen LogP contribution in [0.2, 0.25) is 10.0 Å². The number of rotatable bonds is 8. The van der Waals surface area contributed by atoms with E-state index in [1.807, 2.05) is 48.5 Å². The van der Waals surface area contributed by atoms with E-state index in [0.717, 1.165) is 37.3 Å². The van der Waals surface area contributed by atoms with Crippen LogP contribution in [-0.4, -0.2) is 23.3 Å². The van der Waals surface area contributed by atoms with Gasteiger partial charge in [0.2, 0.25) is 0 Å². The molecule has 4 N–H and O–H groups in total. The lowest BCUT2D eigenvalue weighted by Gasteiger charge is -2.16. The van der Waals surface area contributed by atoms with Gasteiger partial charge >= 0.3 is 0 Å². The average Bonchev–Trinajstić information content (AvgIpc) is 2.67. The lowest BCUT2D eigenvalue weighted by molar-refractivity contribution is 0.501. The van der Waals surface area contributed by atoms with Gasteiger partial charge in [0, 0.05) is 34.5 Å².